The molecule has 0 saturated carbocycles. The summed E-state index contributed by atoms with van der Waals surface area (Å²) in [4.78, 5) is 22.6. The van der Waals surface area contributed by atoms with E-state index in [0.717, 1.165) is 0 Å². The SMILES string of the molecule is CC(C)Nc1ccc(-c2nn(C(C)c3oc4cccc(F)c4c(=O)c3-c3cccc(F)c3)c3ncnc([AsH2])c23)cc1F. The Kier molecular flexibility index (Phi) is 7.10. The zero-order valence-corrected chi connectivity index (χ0v) is 25.2. The molecular formula is C31H25AsF3N5O2. The van der Waals surface area contributed by atoms with Crippen LogP contribution in [-0.2, 0) is 0 Å². The normalized spacial score (nSPS) is 12.4. The van der Waals surface area contributed by atoms with Gasteiger partial charge >= 0.3 is 247 Å². The molecule has 42 heavy (non-hydrogen) atoms. The van der Waals surface area contributed by atoms with Crippen molar-refractivity contribution in [2.75, 3.05) is 5.32 Å². The average Bonchev–Trinajstić information content (AvgIpc) is 3.34. The molecule has 2 atom stereocenters. The second-order valence-corrected chi connectivity index (χ2v) is 11.4. The average molecular weight is 631 g/mol. The number of nitrogens with zero attached hydrogens (tertiary/aromatic N) is 4. The fourth-order valence-corrected chi connectivity index (χ4v) is 5.79. The van der Waals surface area contributed by atoms with E-state index in [1.54, 1.807) is 29.8 Å². The van der Waals surface area contributed by atoms with Crippen LogP contribution in [0, 0.1) is 17.5 Å². The summed E-state index contributed by atoms with van der Waals surface area (Å²) < 4.78 is 52.7. The van der Waals surface area contributed by atoms with Gasteiger partial charge in [-0.05, 0) is 0 Å². The minimum atomic E-state index is -0.770. The van der Waals surface area contributed by atoms with Crippen molar-refractivity contribution in [3.05, 3.63) is 100 Å². The number of aromatic nitrogens is 4. The first-order valence-electron chi connectivity index (χ1n) is 13.2. The van der Waals surface area contributed by atoms with Gasteiger partial charge < -0.3 is 0 Å². The molecule has 0 aliphatic heterocycles. The molecule has 0 fully saturated rings. The predicted octanol–water partition coefficient (Wildman–Crippen LogP) is 5.37. The molecule has 0 saturated heterocycles. The molecule has 0 aliphatic rings. The van der Waals surface area contributed by atoms with Gasteiger partial charge in [0.15, 0.2) is 0 Å². The Morgan fingerprint density at radius 3 is 2.43 bits per heavy atom. The van der Waals surface area contributed by atoms with E-state index in [1.807, 2.05) is 13.8 Å². The van der Waals surface area contributed by atoms with E-state index in [2.05, 4.69) is 15.3 Å². The van der Waals surface area contributed by atoms with Gasteiger partial charge in [-0.2, -0.15) is 0 Å². The van der Waals surface area contributed by atoms with Gasteiger partial charge in [-0.1, -0.05) is 0 Å². The summed E-state index contributed by atoms with van der Waals surface area (Å²) in [5.74, 6) is -1.60. The third kappa shape index (κ3) is 4.75. The molecule has 0 radical (unpaired) electrons. The number of nitrogens with one attached hydrogen (secondary N) is 1. The number of benzene rings is 3. The first kappa shape index (κ1) is 27.7. The fourth-order valence-electron chi connectivity index (χ4n) is 5.10. The van der Waals surface area contributed by atoms with Crippen molar-refractivity contribution in [1.82, 2.24) is 19.7 Å². The van der Waals surface area contributed by atoms with Crippen molar-refractivity contribution < 1.29 is 17.6 Å². The molecule has 3 aromatic carbocycles. The summed E-state index contributed by atoms with van der Waals surface area (Å²) in [5.41, 5.74) is 1.42. The Hall–Kier alpha value is -4.43. The third-order valence-corrected chi connectivity index (χ3v) is 7.88. The summed E-state index contributed by atoms with van der Waals surface area (Å²) >= 11 is 1.24. The van der Waals surface area contributed by atoms with Gasteiger partial charge in [0, 0.05) is 0 Å². The quantitative estimate of drug-likeness (QED) is 0.249. The van der Waals surface area contributed by atoms with Crippen LogP contribution >= 0.6 is 0 Å². The van der Waals surface area contributed by atoms with Crippen molar-refractivity contribution >= 4 is 49.0 Å². The molecule has 7 nitrogen and oxygen atoms in total. The molecule has 1 N–H and O–H groups in total. The summed E-state index contributed by atoms with van der Waals surface area (Å²) in [5, 5.41) is 8.30. The molecule has 0 bridgehead atoms. The van der Waals surface area contributed by atoms with Crippen LogP contribution in [0.25, 0.3) is 44.4 Å². The maximum atomic E-state index is 15.1. The topological polar surface area (TPSA) is 85.8 Å². The Bertz CT molecular complexity index is 2060. The molecule has 0 aliphatic carbocycles. The Balaban J connectivity index is 1.60. The van der Waals surface area contributed by atoms with Gasteiger partial charge in [-0.25, -0.2) is 0 Å². The number of hydrogen-bond donors (Lipinski definition) is 1. The molecule has 3 aromatic heterocycles. The molecule has 6 aromatic rings. The maximum absolute atomic E-state index is 15.1. The van der Waals surface area contributed by atoms with Crippen LogP contribution in [0.4, 0.5) is 18.9 Å². The van der Waals surface area contributed by atoms with Crippen molar-refractivity contribution in [3.63, 3.8) is 0 Å². The zero-order valence-electron chi connectivity index (χ0n) is 22.8. The van der Waals surface area contributed by atoms with Crippen LogP contribution < -0.4 is 15.2 Å². The molecule has 6 rings (SSSR count). The van der Waals surface area contributed by atoms with E-state index >= 15 is 4.39 Å². The summed E-state index contributed by atoms with van der Waals surface area (Å²) in [7, 11) is 0. The van der Waals surface area contributed by atoms with Gasteiger partial charge in [0.1, 0.15) is 0 Å². The third-order valence-electron chi connectivity index (χ3n) is 6.96. The van der Waals surface area contributed by atoms with Gasteiger partial charge in [0.05, 0.1) is 0 Å². The Morgan fingerprint density at radius 2 is 1.69 bits per heavy atom. The van der Waals surface area contributed by atoms with E-state index in [4.69, 9.17) is 9.52 Å². The minimum absolute atomic E-state index is 0.00922. The van der Waals surface area contributed by atoms with E-state index in [1.165, 1.54) is 65.6 Å². The van der Waals surface area contributed by atoms with E-state index in [9.17, 15) is 13.6 Å². The molecule has 212 valence electrons. The molecule has 3 heterocycles. The van der Waals surface area contributed by atoms with Crippen molar-refractivity contribution in [2.45, 2.75) is 32.9 Å². The summed E-state index contributed by atoms with van der Waals surface area (Å²) in [6.07, 6.45) is 1.41. The standard InChI is InChI=1S/C31H25AsF3N5O2/c1-15(2)38-22-11-10-18(13-21(22)35)27-26-30(32)36-14-37-31(26)40(39-27)16(3)29-24(17-6-4-7-19(33)12-17)28(41)25-20(34)8-5-9-23(25)42-29/h4-16,38H,32H2,1-3H3. The second kappa shape index (κ2) is 10.8. The number of rotatable bonds is 6. The molecule has 2 unspecified atom stereocenters. The van der Waals surface area contributed by atoms with Crippen molar-refractivity contribution in [2.24, 2.45) is 0 Å². The Labute approximate surface area is 246 Å². The summed E-state index contributed by atoms with van der Waals surface area (Å²) in [6, 6.07) is 13.7. The molecular weight excluding hydrogens is 606 g/mol. The van der Waals surface area contributed by atoms with E-state index in [-0.39, 0.29) is 33.9 Å². The first-order valence-corrected chi connectivity index (χ1v) is 14.4. The van der Waals surface area contributed by atoms with Crippen molar-refractivity contribution in [1.29, 1.82) is 0 Å². The van der Waals surface area contributed by atoms with Crippen LogP contribution in [0.5, 0.6) is 0 Å². The predicted molar refractivity (Wildman–Crippen MR) is 159 cm³/mol. The molecule has 0 spiro atoms. The number of hydrogen-bond acceptors (Lipinski definition) is 6. The van der Waals surface area contributed by atoms with Gasteiger partial charge in [-0.3, -0.25) is 0 Å². The number of anilines is 1. The van der Waals surface area contributed by atoms with E-state index < -0.39 is 28.9 Å². The summed E-state index contributed by atoms with van der Waals surface area (Å²) in [6.45, 7) is 5.59. The van der Waals surface area contributed by atoms with Gasteiger partial charge in [0.25, 0.3) is 0 Å². The van der Waals surface area contributed by atoms with Crippen LogP contribution in [0.2, 0.25) is 0 Å². The van der Waals surface area contributed by atoms with Gasteiger partial charge in [-0.15, -0.1) is 0 Å². The van der Waals surface area contributed by atoms with E-state index in [0.29, 0.717) is 32.5 Å². The monoisotopic (exact) mass is 631 g/mol. The second-order valence-electron chi connectivity index (χ2n) is 10.2. The molecule has 0 amide bonds. The fraction of sp³-hybridized carbons (Fsp3) is 0.161. The zero-order chi connectivity index (χ0) is 29.7. The van der Waals surface area contributed by atoms with Crippen LogP contribution in [0.3, 0.4) is 0 Å². The van der Waals surface area contributed by atoms with Crippen LogP contribution in [0.15, 0.2) is 76.2 Å². The van der Waals surface area contributed by atoms with Crippen LogP contribution in [0.1, 0.15) is 32.6 Å². The van der Waals surface area contributed by atoms with Gasteiger partial charge in [0.2, 0.25) is 0 Å². The number of fused-ring (bicyclic) bond motifs is 2. The first-order chi connectivity index (χ1) is 20.1. The van der Waals surface area contributed by atoms with Crippen molar-refractivity contribution in [3.8, 4) is 22.4 Å². The van der Waals surface area contributed by atoms with Crippen LogP contribution in [-0.4, -0.2) is 42.6 Å². The number of halogens is 3. The Morgan fingerprint density at radius 1 is 0.905 bits per heavy atom. The molecule has 11 heteroatoms.